The van der Waals surface area contributed by atoms with Crippen molar-refractivity contribution < 1.29 is 9.47 Å². The van der Waals surface area contributed by atoms with E-state index in [0.717, 1.165) is 61.4 Å². The molecular formula is C24H21NO2. The summed E-state index contributed by atoms with van der Waals surface area (Å²) in [6.07, 6.45) is 4.41. The summed E-state index contributed by atoms with van der Waals surface area (Å²) in [5.41, 5.74) is 6.64. The van der Waals surface area contributed by atoms with Crippen molar-refractivity contribution in [3.63, 3.8) is 0 Å². The maximum absolute atomic E-state index is 6.36. The van der Waals surface area contributed by atoms with Crippen LogP contribution in [0.2, 0.25) is 0 Å². The van der Waals surface area contributed by atoms with Crippen LogP contribution in [0.3, 0.4) is 0 Å². The van der Waals surface area contributed by atoms with Crippen molar-refractivity contribution in [1.82, 2.24) is 0 Å². The van der Waals surface area contributed by atoms with Crippen molar-refractivity contribution in [3.8, 4) is 23.0 Å². The minimum atomic E-state index is 0.879. The fraction of sp³-hybridized carbons (Fsp3) is 0.167. The molecule has 0 aromatic heterocycles. The average molecular weight is 355 g/mol. The molecule has 3 heteroatoms. The van der Waals surface area contributed by atoms with Gasteiger partial charge >= 0.3 is 0 Å². The van der Waals surface area contributed by atoms with Gasteiger partial charge in [-0.25, -0.2) is 0 Å². The van der Waals surface area contributed by atoms with Crippen molar-refractivity contribution in [3.05, 3.63) is 74.7 Å². The maximum atomic E-state index is 6.36. The molecule has 2 heterocycles. The van der Waals surface area contributed by atoms with Crippen LogP contribution in [0, 0.1) is 20.8 Å². The van der Waals surface area contributed by atoms with Gasteiger partial charge in [-0.3, -0.25) is 0 Å². The van der Waals surface area contributed by atoms with Crippen molar-refractivity contribution in [1.29, 1.82) is 0 Å². The highest BCUT2D eigenvalue weighted by Gasteiger charge is 2.22. The summed E-state index contributed by atoms with van der Waals surface area (Å²) in [5.74, 6) is 3.65. The van der Waals surface area contributed by atoms with Crippen LogP contribution in [0.25, 0.3) is 12.2 Å². The molecule has 0 amide bonds. The Morgan fingerprint density at radius 3 is 1.85 bits per heavy atom. The predicted molar refractivity (Wildman–Crippen MR) is 110 cm³/mol. The molecular weight excluding hydrogens is 334 g/mol. The lowest BCUT2D eigenvalue weighted by Gasteiger charge is -2.24. The molecule has 27 heavy (non-hydrogen) atoms. The van der Waals surface area contributed by atoms with E-state index in [-0.39, 0.29) is 0 Å². The van der Waals surface area contributed by atoms with Crippen LogP contribution in [0.5, 0.6) is 23.0 Å². The van der Waals surface area contributed by atoms with Crippen LogP contribution < -0.4 is 25.2 Å². The zero-order valence-corrected chi connectivity index (χ0v) is 15.9. The summed E-state index contributed by atoms with van der Waals surface area (Å²) in [7, 11) is 1.92. The second-order valence-electron chi connectivity index (χ2n) is 7.27. The third kappa shape index (κ3) is 2.35. The highest BCUT2D eigenvalue weighted by molar-refractivity contribution is 5.73. The number of aryl methyl sites for hydroxylation is 1. The fourth-order valence-electron chi connectivity index (χ4n) is 3.88. The smallest absolute Gasteiger partial charge is 0.138 e. The van der Waals surface area contributed by atoms with E-state index in [0.29, 0.717) is 0 Å². The van der Waals surface area contributed by atoms with E-state index >= 15 is 0 Å². The lowest BCUT2D eigenvalue weighted by Crippen LogP contribution is -2.26. The Morgan fingerprint density at radius 1 is 0.704 bits per heavy atom. The number of hydrogen-bond acceptors (Lipinski definition) is 3. The Bertz CT molecular complexity index is 1240. The molecule has 0 unspecified atom stereocenters. The monoisotopic (exact) mass is 355 g/mol. The minimum absolute atomic E-state index is 0.879. The molecule has 0 radical (unpaired) electrons. The molecule has 2 aliphatic rings. The SMILES string of the molecule is CNc1ccc2c(c1)Oc1c(C)c3c(c(C)c1=C2)Oc1cc(C)ccc1C=3. The summed E-state index contributed by atoms with van der Waals surface area (Å²) in [4.78, 5) is 0. The Labute approximate surface area is 158 Å². The minimum Gasteiger partial charge on any atom is -0.456 e. The zero-order valence-electron chi connectivity index (χ0n) is 15.9. The summed E-state index contributed by atoms with van der Waals surface area (Å²) < 4.78 is 12.7. The first-order chi connectivity index (χ1) is 13.0. The van der Waals surface area contributed by atoms with E-state index in [1.54, 1.807) is 0 Å². The summed E-state index contributed by atoms with van der Waals surface area (Å²) >= 11 is 0. The van der Waals surface area contributed by atoms with Crippen LogP contribution in [-0.2, 0) is 0 Å². The molecule has 1 N–H and O–H groups in total. The lowest BCUT2D eigenvalue weighted by molar-refractivity contribution is 0.449. The van der Waals surface area contributed by atoms with Gasteiger partial charge in [-0.1, -0.05) is 12.1 Å². The van der Waals surface area contributed by atoms with E-state index in [1.807, 2.05) is 13.1 Å². The highest BCUT2D eigenvalue weighted by atomic mass is 16.5. The van der Waals surface area contributed by atoms with Crippen molar-refractivity contribution >= 4 is 17.8 Å². The van der Waals surface area contributed by atoms with Gasteiger partial charge in [0.1, 0.15) is 23.0 Å². The lowest BCUT2D eigenvalue weighted by atomic mass is 9.96. The van der Waals surface area contributed by atoms with E-state index in [9.17, 15) is 0 Å². The van der Waals surface area contributed by atoms with Crippen molar-refractivity contribution in [2.75, 3.05) is 12.4 Å². The number of fused-ring (bicyclic) bond motifs is 4. The largest absolute Gasteiger partial charge is 0.456 e. The molecule has 0 spiro atoms. The van der Waals surface area contributed by atoms with Crippen LogP contribution in [0.1, 0.15) is 27.8 Å². The molecule has 0 aliphatic carbocycles. The zero-order chi connectivity index (χ0) is 18.7. The van der Waals surface area contributed by atoms with E-state index < -0.39 is 0 Å². The van der Waals surface area contributed by atoms with Gasteiger partial charge in [0.25, 0.3) is 0 Å². The third-order valence-corrected chi connectivity index (χ3v) is 5.47. The van der Waals surface area contributed by atoms with Gasteiger partial charge < -0.3 is 14.8 Å². The Balaban J connectivity index is 1.79. The first-order valence-electron chi connectivity index (χ1n) is 9.20. The standard InChI is InChI=1S/C24H21NO2/c1-13-5-6-16-10-19-15(3)24-20(14(2)23(19)26-21(16)9-13)11-17-7-8-18(25-4)12-22(17)27-24/h5-12,25H,1-4H3. The van der Waals surface area contributed by atoms with Gasteiger partial charge in [0.15, 0.2) is 0 Å². The molecule has 0 saturated heterocycles. The number of hydrogen-bond donors (Lipinski definition) is 1. The number of anilines is 1. The Hall–Kier alpha value is -3.20. The number of rotatable bonds is 1. The molecule has 134 valence electrons. The van der Waals surface area contributed by atoms with Gasteiger partial charge in [0.05, 0.1) is 0 Å². The van der Waals surface area contributed by atoms with E-state index in [4.69, 9.17) is 9.47 Å². The molecule has 2 aliphatic heterocycles. The van der Waals surface area contributed by atoms with E-state index in [1.165, 1.54) is 5.56 Å². The summed E-state index contributed by atoms with van der Waals surface area (Å²) in [6, 6.07) is 12.5. The van der Waals surface area contributed by atoms with Crippen LogP contribution in [0.4, 0.5) is 5.69 Å². The third-order valence-electron chi connectivity index (χ3n) is 5.47. The van der Waals surface area contributed by atoms with Gasteiger partial charge in [-0.15, -0.1) is 0 Å². The molecule has 3 nitrogen and oxygen atoms in total. The van der Waals surface area contributed by atoms with Crippen LogP contribution in [-0.4, -0.2) is 7.05 Å². The molecule has 0 atom stereocenters. The van der Waals surface area contributed by atoms with Crippen LogP contribution >= 0.6 is 0 Å². The first kappa shape index (κ1) is 16.0. The quantitative estimate of drug-likeness (QED) is 0.479. The predicted octanol–water partition coefficient (Wildman–Crippen LogP) is 4.52. The number of benzene rings is 3. The van der Waals surface area contributed by atoms with Crippen molar-refractivity contribution in [2.45, 2.75) is 20.8 Å². The Morgan fingerprint density at radius 2 is 1.26 bits per heavy atom. The van der Waals surface area contributed by atoms with E-state index in [2.05, 4.69) is 68.6 Å². The number of nitrogens with one attached hydrogen (secondary N) is 1. The van der Waals surface area contributed by atoms with Gasteiger partial charge in [0, 0.05) is 51.5 Å². The normalized spacial score (nSPS) is 12.9. The maximum Gasteiger partial charge on any atom is 0.138 e. The average Bonchev–Trinajstić information content (AvgIpc) is 2.69. The van der Waals surface area contributed by atoms with Gasteiger partial charge in [-0.2, -0.15) is 0 Å². The summed E-state index contributed by atoms with van der Waals surface area (Å²) in [6.45, 7) is 6.30. The molecule has 0 fully saturated rings. The summed E-state index contributed by atoms with van der Waals surface area (Å²) in [5, 5.41) is 5.37. The van der Waals surface area contributed by atoms with Gasteiger partial charge in [0.2, 0.25) is 0 Å². The van der Waals surface area contributed by atoms with Crippen molar-refractivity contribution in [2.24, 2.45) is 0 Å². The fourth-order valence-corrected chi connectivity index (χ4v) is 3.88. The van der Waals surface area contributed by atoms with Gasteiger partial charge in [-0.05, 0) is 56.7 Å². The molecule has 3 aromatic carbocycles. The molecule has 5 rings (SSSR count). The second kappa shape index (κ2) is 5.65. The first-order valence-corrected chi connectivity index (χ1v) is 9.20. The van der Waals surface area contributed by atoms with Crippen LogP contribution in [0.15, 0.2) is 36.4 Å². The second-order valence-corrected chi connectivity index (χ2v) is 7.27. The number of ether oxygens (including phenoxy) is 2. The molecule has 3 aromatic rings. The molecule has 0 bridgehead atoms. The molecule has 0 saturated carbocycles. The Kier molecular flexibility index (Phi) is 3.35. The highest BCUT2D eigenvalue weighted by Crippen LogP contribution is 2.36. The topological polar surface area (TPSA) is 30.5 Å².